The molecule has 6 saturated carbocycles. The molecule has 748 valence electrons. The zero-order valence-corrected chi connectivity index (χ0v) is 81.6. The maximum Gasteiger partial charge on any atom is 0.191 e. The van der Waals surface area contributed by atoms with Gasteiger partial charge in [-0.15, -0.1) is 22.7 Å². The predicted octanol–water partition coefficient (Wildman–Crippen LogP) is 15.5. The van der Waals surface area contributed by atoms with Crippen molar-refractivity contribution in [2.45, 2.75) is 220 Å². The maximum atomic E-state index is 13.7. The number of nitrogens with zero attached hydrogens (tertiary/aromatic N) is 14. The SMILES string of the molecule is O=C(CO)c1cnc(CC2(c3cc4ccccc4s3)CC2)nc1.O=C(CO)c1cnc(CC2(c3ccc(F)cc3)CCCCC2)nc1.O=C(CO)c1cnc(CC2(c3cccc(F)c3)CCCCC2)nc1.O=C(CO)c1cnc(CC2(c3ccco3)CC2)nc1.O=C(CO)c1cnc(CC2(c3cccs3)CC2)nc1.O=C(CO)c1cnc(CC2CCCCC2)nc1.O=C(CO)c1cnc(CC2CCOCC2)nc1. The Balaban J connectivity index is 0.000000133. The molecule has 143 heavy (non-hydrogen) atoms. The number of Topliss-reactive ketones (excluding diaryl/α,β-unsaturated/α-hetero) is 7. The molecular formula is C109H120F2N14O16S2. The molecule has 20 rings (SSSR count). The molecule has 7 N–H and O–H groups in total. The minimum atomic E-state index is -0.546. The first-order valence-corrected chi connectivity index (χ1v) is 50.5. The van der Waals surface area contributed by atoms with Crippen LogP contribution in [0.3, 0.4) is 0 Å². The predicted molar refractivity (Wildman–Crippen MR) is 530 cm³/mol. The second-order valence-electron chi connectivity index (χ2n) is 37.8. The monoisotopic (exact) mass is 1980 g/mol. The smallest absolute Gasteiger partial charge is 0.191 e. The Morgan fingerprint density at radius 3 is 1.01 bits per heavy atom. The van der Waals surface area contributed by atoms with E-state index in [4.69, 9.17) is 44.9 Å². The molecule has 13 aromatic rings. The van der Waals surface area contributed by atoms with Crippen LogP contribution in [0.2, 0.25) is 0 Å². The van der Waals surface area contributed by atoms with Crippen LogP contribution < -0.4 is 0 Å². The van der Waals surface area contributed by atoms with Crippen molar-refractivity contribution in [3.05, 3.63) is 320 Å². The molecule has 6 aliphatic carbocycles. The van der Waals surface area contributed by atoms with Gasteiger partial charge in [0.25, 0.3) is 0 Å². The summed E-state index contributed by atoms with van der Waals surface area (Å²) in [6.45, 7) is -1.96. The van der Waals surface area contributed by atoms with Crippen LogP contribution in [-0.2, 0) is 76.8 Å². The molecule has 10 aromatic heterocycles. The van der Waals surface area contributed by atoms with Gasteiger partial charge in [-0.3, -0.25) is 33.6 Å². The lowest BCUT2D eigenvalue weighted by Crippen LogP contribution is -2.32. The van der Waals surface area contributed by atoms with Crippen LogP contribution in [0.15, 0.2) is 206 Å². The van der Waals surface area contributed by atoms with E-state index < -0.39 is 46.2 Å². The van der Waals surface area contributed by atoms with Gasteiger partial charge < -0.3 is 44.9 Å². The quantitative estimate of drug-likeness (QED) is 0.0188. The zero-order valence-electron chi connectivity index (χ0n) is 79.9. The number of hydrogen-bond donors (Lipinski definition) is 7. The van der Waals surface area contributed by atoms with Crippen LogP contribution in [-0.4, -0.2) is 205 Å². The van der Waals surface area contributed by atoms with E-state index in [-0.39, 0.29) is 79.2 Å². The van der Waals surface area contributed by atoms with Crippen LogP contribution in [0.5, 0.6) is 0 Å². The van der Waals surface area contributed by atoms with Gasteiger partial charge in [-0.2, -0.15) is 0 Å². The lowest BCUT2D eigenvalue weighted by atomic mass is 9.67. The summed E-state index contributed by atoms with van der Waals surface area (Å²) in [4.78, 5) is 141. The van der Waals surface area contributed by atoms with Crippen molar-refractivity contribution < 1.29 is 87.2 Å². The third-order valence-electron chi connectivity index (χ3n) is 27.8. The van der Waals surface area contributed by atoms with Crippen molar-refractivity contribution in [1.82, 2.24) is 69.8 Å². The molecule has 0 spiro atoms. The van der Waals surface area contributed by atoms with Crippen LogP contribution >= 0.6 is 22.7 Å². The van der Waals surface area contributed by atoms with Gasteiger partial charge in [-0.05, 0) is 165 Å². The van der Waals surface area contributed by atoms with Gasteiger partial charge in [0, 0.05) is 186 Å². The molecule has 0 amide bonds. The Morgan fingerprint density at radius 2 is 0.664 bits per heavy atom. The number of ketones is 7. The molecule has 0 bridgehead atoms. The van der Waals surface area contributed by atoms with Gasteiger partial charge in [0.1, 0.15) is 104 Å². The highest BCUT2D eigenvalue weighted by Crippen LogP contribution is 2.55. The molecule has 34 heteroatoms. The van der Waals surface area contributed by atoms with E-state index in [0.717, 1.165) is 169 Å². The number of ether oxygens (including phenoxy) is 1. The second kappa shape index (κ2) is 51.6. The number of halogens is 2. The van der Waals surface area contributed by atoms with Gasteiger partial charge in [-0.25, -0.2) is 78.6 Å². The number of aromatic nitrogens is 14. The summed E-state index contributed by atoms with van der Waals surface area (Å²) < 4.78 is 39.1. The second-order valence-corrected chi connectivity index (χ2v) is 39.8. The fourth-order valence-corrected chi connectivity index (χ4v) is 21.1. The van der Waals surface area contributed by atoms with Crippen LogP contribution in [0.25, 0.3) is 10.1 Å². The number of rotatable bonds is 33. The summed E-state index contributed by atoms with van der Waals surface area (Å²) in [5.74, 6) is 4.42. The number of carbonyl (C=O) groups excluding carboxylic acids is 7. The standard InChI is InChI=1S/2C19H21FN2O2.C18H16N2O2S.C14H14N2O3.C14H14N2O2S.C13H18N2O2.C12H16N2O3/c20-16-6-4-15(5-7-16)19(8-2-1-3-9-19)10-18-21-11-14(12-22-18)17(24)13-23;20-16-6-4-5-15(9-16)19(7-2-1-3-8-19)10-18-21-11-14(12-22-18)17(24)13-23;21-11-14(22)13-9-19-17(20-10-13)8-18(5-6-18)16-7-12-3-1-2-4-15(12)23-16;2*17-9-11(18)10-7-15-13(16-8-10)6-14(3-4-14)12-2-1-5-19-12;16-9-12(17)11-7-14-13(15-8-11)6-10-4-2-1-3-5-10;15-8-11(16)10-6-13-12(14-7-10)5-9-1-3-17-4-2-9/h4-7,11-12,23H,1-3,8-10,13H2;4-6,9,11-12,23H,1-3,7-8,10,13H2;1-4,7,9-10,21H,5-6,8,11H2;2*1-2,5,7-8,17H,3-4,6,9H2;7-8,10,16H,1-6,9H2;6-7,9,15H,1-5,8H2. The van der Waals surface area contributed by atoms with E-state index in [1.165, 1.54) is 183 Å². The summed E-state index contributed by atoms with van der Waals surface area (Å²) >= 11 is 3.64. The topological polar surface area (TPSA) is 464 Å². The Kier molecular flexibility index (Phi) is 38.3. The molecule has 0 unspecified atom stereocenters. The Labute approximate surface area is 835 Å². The molecule has 11 heterocycles. The lowest BCUT2D eigenvalue weighted by Gasteiger charge is -2.37. The molecule has 1 saturated heterocycles. The molecule has 3 aromatic carbocycles. The highest BCUT2D eigenvalue weighted by Gasteiger charge is 2.49. The highest BCUT2D eigenvalue weighted by atomic mass is 32.1. The number of hydrogen-bond acceptors (Lipinski definition) is 32. The molecule has 0 atom stereocenters. The molecule has 1 aliphatic heterocycles. The van der Waals surface area contributed by atoms with E-state index in [1.807, 2.05) is 41.7 Å². The number of benzene rings is 3. The van der Waals surface area contributed by atoms with E-state index >= 15 is 0 Å². The first kappa shape index (κ1) is 106. The Morgan fingerprint density at radius 1 is 0.315 bits per heavy atom. The average molecular weight is 1980 g/mol. The van der Waals surface area contributed by atoms with E-state index in [2.05, 4.69) is 118 Å². The normalized spacial score (nSPS) is 16.5. The van der Waals surface area contributed by atoms with Crippen molar-refractivity contribution in [3.8, 4) is 0 Å². The number of thiophene rings is 2. The van der Waals surface area contributed by atoms with Gasteiger partial charge >= 0.3 is 0 Å². The average Bonchev–Trinajstić information content (AvgIpc) is 1.58. The van der Waals surface area contributed by atoms with Crippen LogP contribution in [0, 0.1) is 23.5 Å². The summed E-state index contributed by atoms with van der Waals surface area (Å²) in [7, 11) is 0. The fourth-order valence-electron chi connectivity index (χ4n) is 18.8. The van der Waals surface area contributed by atoms with Gasteiger partial charge in [0.2, 0.25) is 0 Å². The van der Waals surface area contributed by atoms with Gasteiger partial charge in [0.15, 0.2) is 40.5 Å². The molecule has 7 fully saturated rings. The summed E-state index contributed by atoms with van der Waals surface area (Å²) in [5, 5.41) is 65.0. The van der Waals surface area contributed by atoms with E-state index in [1.54, 1.807) is 29.7 Å². The maximum absolute atomic E-state index is 13.7. The van der Waals surface area contributed by atoms with E-state index in [0.29, 0.717) is 87.5 Å². The van der Waals surface area contributed by atoms with Crippen molar-refractivity contribution >= 4 is 73.2 Å². The van der Waals surface area contributed by atoms with E-state index in [9.17, 15) is 42.3 Å². The summed E-state index contributed by atoms with van der Waals surface area (Å²) in [6, 6.07) is 32.4. The molecular weight excluding hydrogens is 1860 g/mol. The summed E-state index contributed by atoms with van der Waals surface area (Å²) in [5.41, 5.74) is 4.77. The Bertz CT molecular complexity index is 6060. The minimum Gasteiger partial charge on any atom is -0.469 e. The highest BCUT2D eigenvalue weighted by molar-refractivity contribution is 7.19. The number of fused-ring (bicyclic) bond motifs is 1. The summed E-state index contributed by atoms with van der Waals surface area (Å²) in [6.07, 6.45) is 54.2. The first-order valence-electron chi connectivity index (χ1n) is 48.8. The lowest BCUT2D eigenvalue weighted by molar-refractivity contribution is 0.0659. The third kappa shape index (κ3) is 29.6. The first-order chi connectivity index (χ1) is 69.5. The number of aliphatic hydroxyl groups is 7. The van der Waals surface area contributed by atoms with Crippen molar-refractivity contribution in [2.75, 3.05) is 59.5 Å². The molecule has 30 nitrogen and oxygen atoms in total. The largest absolute Gasteiger partial charge is 0.469 e. The number of carbonyl (C=O) groups is 7. The van der Waals surface area contributed by atoms with Gasteiger partial charge in [0.05, 0.1) is 45.2 Å². The number of aliphatic hydroxyl groups excluding tert-OH is 7. The van der Waals surface area contributed by atoms with Crippen LogP contribution in [0.1, 0.15) is 288 Å². The molecule has 0 radical (unpaired) electrons. The minimum absolute atomic E-state index is 0.0337. The van der Waals surface area contributed by atoms with Crippen molar-refractivity contribution in [3.63, 3.8) is 0 Å². The fraction of sp³-hybridized carbons (Fsp3) is 0.422. The van der Waals surface area contributed by atoms with Crippen LogP contribution in [0.4, 0.5) is 8.78 Å². The number of furan rings is 1. The third-order valence-corrected chi connectivity index (χ3v) is 30.3. The van der Waals surface area contributed by atoms with Crippen molar-refractivity contribution in [1.29, 1.82) is 0 Å². The molecule has 7 aliphatic rings. The zero-order chi connectivity index (χ0) is 101. The van der Waals surface area contributed by atoms with Gasteiger partial charge in [-0.1, -0.05) is 119 Å². The van der Waals surface area contributed by atoms with Crippen molar-refractivity contribution in [2.24, 2.45) is 11.8 Å². The Hall–Kier alpha value is -12.6.